The van der Waals surface area contributed by atoms with Crippen LogP contribution in [-0.4, -0.2) is 23.9 Å². The summed E-state index contributed by atoms with van der Waals surface area (Å²) in [5.41, 5.74) is 0.461. The number of hydrogen-bond acceptors (Lipinski definition) is 4. The molecule has 0 aliphatic carbocycles. The Morgan fingerprint density at radius 1 is 1.30 bits per heavy atom. The quantitative estimate of drug-likeness (QED) is 0.263. The molecule has 0 saturated heterocycles. The molecule has 0 atom stereocenters. The lowest BCUT2D eigenvalue weighted by Crippen LogP contribution is -2.27. The SMILES string of the molecule is C/C=C/C=C/C(=O)NCCNc1ccccc1[N+](=O)[O-]. The summed E-state index contributed by atoms with van der Waals surface area (Å²) in [6.07, 6.45) is 6.64. The van der Waals surface area contributed by atoms with Crippen molar-refractivity contribution in [1.29, 1.82) is 0 Å². The van der Waals surface area contributed by atoms with Crippen LogP contribution in [0, 0.1) is 10.1 Å². The number of nitro benzene ring substituents is 1. The summed E-state index contributed by atoms with van der Waals surface area (Å²) in [5.74, 6) is -0.201. The average molecular weight is 275 g/mol. The fourth-order valence-corrected chi connectivity index (χ4v) is 1.48. The minimum atomic E-state index is -0.444. The lowest BCUT2D eigenvalue weighted by Gasteiger charge is -2.07. The Hall–Kier alpha value is -2.63. The second-order valence-corrected chi connectivity index (χ2v) is 3.88. The van der Waals surface area contributed by atoms with E-state index >= 15 is 0 Å². The van der Waals surface area contributed by atoms with Gasteiger partial charge in [-0.15, -0.1) is 0 Å². The van der Waals surface area contributed by atoms with Crippen LogP contribution in [0.25, 0.3) is 0 Å². The van der Waals surface area contributed by atoms with Crippen molar-refractivity contribution in [3.05, 3.63) is 58.7 Å². The number of hydrogen-bond donors (Lipinski definition) is 2. The number of nitro groups is 1. The largest absolute Gasteiger partial charge is 0.378 e. The van der Waals surface area contributed by atoms with Gasteiger partial charge in [-0.25, -0.2) is 0 Å². The van der Waals surface area contributed by atoms with Crippen LogP contribution in [-0.2, 0) is 4.79 Å². The monoisotopic (exact) mass is 275 g/mol. The van der Waals surface area contributed by atoms with Crippen LogP contribution in [0.4, 0.5) is 11.4 Å². The molecule has 20 heavy (non-hydrogen) atoms. The highest BCUT2D eigenvalue weighted by Crippen LogP contribution is 2.22. The normalized spacial score (nSPS) is 10.8. The molecule has 0 heterocycles. The third-order valence-electron chi connectivity index (χ3n) is 2.39. The van der Waals surface area contributed by atoms with Gasteiger partial charge in [0, 0.05) is 25.2 Å². The lowest BCUT2D eigenvalue weighted by atomic mass is 10.2. The van der Waals surface area contributed by atoms with Gasteiger partial charge in [-0.3, -0.25) is 14.9 Å². The first-order valence-electron chi connectivity index (χ1n) is 6.19. The molecule has 1 rings (SSSR count). The Balaban J connectivity index is 2.38. The maximum absolute atomic E-state index is 11.3. The van der Waals surface area contributed by atoms with Crippen molar-refractivity contribution in [3.63, 3.8) is 0 Å². The van der Waals surface area contributed by atoms with E-state index in [-0.39, 0.29) is 11.6 Å². The van der Waals surface area contributed by atoms with E-state index in [0.29, 0.717) is 18.8 Å². The van der Waals surface area contributed by atoms with Crippen LogP contribution in [0.5, 0.6) is 0 Å². The maximum atomic E-state index is 11.3. The predicted octanol–water partition coefficient (Wildman–Crippen LogP) is 2.26. The molecule has 1 amide bonds. The van der Waals surface area contributed by atoms with Crippen LogP contribution in [0.1, 0.15) is 6.92 Å². The minimum Gasteiger partial charge on any atom is -0.378 e. The zero-order valence-corrected chi connectivity index (χ0v) is 11.2. The van der Waals surface area contributed by atoms with Gasteiger partial charge in [0.2, 0.25) is 5.91 Å². The van der Waals surface area contributed by atoms with Gasteiger partial charge in [0.05, 0.1) is 4.92 Å². The van der Waals surface area contributed by atoms with E-state index in [9.17, 15) is 14.9 Å². The van der Waals surface area contributed by atoms with E-state index < -0.39 is 4.92 Å². The smallest absolute Gasteiger partial charge is 0.292 e. The summed E-state index contributed by atoms with van der Waals surface area (Å²) in [7, 11) is 0. The molecule has 0 fully saturated rings. The molecule has 1 aromatic rings. The first kappa shape index (κ1) is 15.4. The molecule has 2 N–H and O–H groups in total. The second kappa shape index (κ2) is 8.47. The highest BCUT2D eigenvalue weighted by atomic mass is 16.6. The number of nitrogens with zero attached hydrogens (tertiary/aromatic N) is 1. The zero-order valence-electron chi connectivity index (χ0n) is 11.2. The van der Waals surface area contributed by atoms with Gasteiger partial charge < -0.3 is 10.6 Å². The highest BCUT2D eigenvalue weighted by molar-refractivity contribution is 5.87. The topological polar surface area (TPSA) is 84.3 Å². The average Bonchev–Trinajstić information content (AvgIpc) is 2.44. The standard InChI is InChI=1S/C14H17N3O3/c1-2-3-4-9-14(18)16-11-10-15-12-7-5-6-8-13(12)17(19)20/h2-9,15H,10-11H2,1H3,(H,16,18)/b3-2+,9-4+. The predicted molar refractivity (Wildman–Crippen MR) is 78.5 cm³/mol. The van der Waals surface area contributed by atoms with Crippen molar-refractivity contribution in [2.24, 2.45) is 0 Å². The van der Waals surface area contributed by atoms with Crippen LogP contribution in [0.2, 0.25) is 0 Å². The van der Waals surface area contributed by atoms with Crippen LogP contribution < -0.4 is 10.6 Å². The number of carbonyl (C=O) groups is 1. The fraction of sp³-hybridized carbons (Fsp3) is 0.214. The summed E-state index contributed by atoms with van der Waals surface area (Å²) in [6.45, 7) is 2.65. The molecule has 0 aromatic heterocycles. The third kappa shape index (κ3) is 5.34. The van der Waals surface area contributed by atoms with Gasteiger partial charge in [0.25, 0.3) is 5.69 Å². The van der Waals surface area contributed by atoms with Gasteiger partial charge in [0.1, 0.15) is 5.69 Å². The molecule has 0 saturated carbocycles. The van der Waals surface area contributed by atoms with Crippen molar-refractivity contribution in [2.75, 3.05) is 18.4 Å². The molecule has 0 aliphatic heterocycles. The van der Waals surface area contributed by atoms with Crippen molar-refractivity contribution >= 4 is 17.3 Å². The number of para-hydroxylation sites is 2. The number of anilines is 1. The first-order valence-corrected chi connectivity index (χ1v) is 6.19. The number of carbonyl (C=O) groups excluding carboxylic acids is 1. The minimum absolute atomic E-state index is 0.0202. The number of benzene rings is 1. The van der Waals surface area contributed by atoms with E-state index in [4.69, 9.17) is 0 Å². The number of allylic oxidation sites excluding steroid dienone is 3. The van der Waals surface area contributed by atoms with E-state index in [2.05, 4.69) is 10.6 Å². The maximum Gasteiger partial charge on any atom is 0.292 e. The molecule has 0 spiro atoms. The molecule has 1 aromatic carbocycles. The van der Waals surface area contributed by atoms with E-state index in [0.717, 1.165) is 0 Å². The van der Waals surface area contributed by atoms with Crippen molar-refractivity contribution in [3.8, 4) is 0 Å². The Kier molecular flexibility index (Phi) is 6.53. The number of nitrogens with one attached hydrogen (secondary N) is 2. The van der Waals surface area contributed by atoms with E-state index in [1.807, 2.05) is 13.0 Å². The Morgan fingerprint density at radius 2 is 2.05 bits per heavy atom. The van der Waals surface area contributed by atoms with Crippen molar-refractivity contribution in [2.45, 2.75) is 6.92 Å². The number of rotatable bonds is 7. The molecule has 106 valence electrons. The third-order valence-corrected chi connectivity index (χ3v) is 2.39. The fourth-order valence-electron chi connectivity index (χ4n) is 1.48. The second-order valence-electron chi connectivity index (χ2n) is 3.88. The molecule has 0 radical (unpaired) electrons. The first-order chi connectivity index (χ1) is 9.65. The van der Waals surface area contributed by atoms with Crippen LogP contribution in [0.15, 0.2) is 48.6 Å². The number of amides is 1. The molecule has 0 bridgehead atoms. The van der Waals surface area contributed by atoms with Gasteiger partial charge in [-0.1, -0.05) is 30.4 Å². The Bertz CT molecular complexity index is 524. The molecule has 6 heteroatoms. The van der Waals surface area contributed by atoms with Gasteiger partial charge in [-0.2, -0.15) is 0 Å². The molecular weight excluding hydrogens is 258 g/mol. The molecule has 0 unspecified atom stereocenters. The van der Waals surface area contributed by atoms with Crippen molar-refractivity contribution < 1.29 is 9.72 Å². The summed E-state index contributed by atoms with van der Waals surface area (Å²) >= 11 is 0. The van der Waals surface area contributed by atoms with Crippen molar-refractivity contribution in [1.82, 2.24) is 5.32 Å². The summed E-state index contributed by atoms with van der Waals surface area (Å²) in [4.78, 5) is 21.7. The summed E-state index contributed by atoms with van der Waals surface area (Å²) < 4.78 is 0. The zero-order chi connectivity index (χ0) is 14.8. The molecular formula is C14H17N3O3. The van der Waals surface area contributed by atoms with E-state index in [1.54, 1.807) is 30.4 Å². The summed E-state index contributed by atoms with van der Waals surface area (Å²) in [5, 5.41) is 16.4. The lowest BCUT2D eigenvalue weighted by molar-refractivity contribution is -0.384. The van der Waals surface area contributed by atoms with Gasteiger partial charge in [0.15, 0.2) is 0 Å². The Labute approximate surface area is 117 Å². The molecule has 6 nitrogen and oxygen atoms in total. The van der Waals surface area contributed by atoms with Gasteiger partial charge in [-0.05, 0) is 13.0 Å². The highest BCUT2D eigenvalue weighted by Gasteiger charge is 2.10. The van der Waals surface area contributed by atoms with E-state index in [1.165, 1.54) is 12.1 Å². The van der Waals surface area contributed by atoms with Gasteiger partial charge >= 0.3 is 0 Å². The van der Waals surface area contributed by atoms with Crippen LogP contribution in [0.3, 0.4) is 0 Å². The summed E-state index contributed by atoms with van der Waals surface area (Å²) in [6, 6.07) is 6.39. The molecule has 0 aliphatic rings. The van der Waals surface area contributed by atoms with Crippen LogP contribution >= 0.6 is 0 Å². The Morgan fingerprint density at radius 3 is 2.75 bits per heavy atom.